The Morgan fingerprint density at radius 2 is 2.03 bits per heavy atom. The highest BCUT2D eigenvalue weighted by Gasteiger charge is 2.37. The van der Waals surface area contributed by atoms with Crippen molar-refractivity contribution >= 4 is 23.3 Å². The summed E-state index contributed by atoms with van der Waals surface area (Å²) in [7, 11) is 0. The van der Waals surface area contributed by atoms with Crippen LogP contribution in [-0.4, -0.2) is 40.1 Å². The SMILES string of the molecule is C[C@H]1[C@@H](C(=O)NCc2nc(-c3ccc(C#N)cc3)cs2)CCCN1C(=O)OC(C)(C)C. The third-order valence-corrected chi connectivity index (χ3v) is 6.08. The van der Waals surface area contributed by atoms with Crippen LogP contribution >= 0.6 is 11.3 Å². The van der Waals surface area contributed by atoms with E-state index in [4.69, 9.17) is 10.00 Å². The van der Waals surface area contributed by atoms with Gasteiger partial charge in [0.1, 0.15) is 10.6 Å². The molecule has 0 spiro atoms. The lowest BCUT2D eigenvalue weighted by Gasteiger charge is -2.39. The highest BCUT2D eigenvalue weighted by atomic mass is 32.1. The summed E-state index contributed by atoms with van der Waals surface area (Å²) in [6, 6.07) is 9.13. The number of nitrogens with zero attached hydrogens (tertiary/aromatic N) is 3. The maximum Gasteiger partial charge on any atom is 0.410 e. The second-order valence-corrected chi connectivity index (χ2v) is 9.64. The van der Waals surface area contributed by atoms with Crippen LogP contribution in [-0.2, 0) is 16.1 Å². The molecule has 164 valence electrons. The summed E-state index contributed by atoms with van der Waals surface area (Å²) in [5.74, 6) is -0.352. The van der Waals surface area contributed by atoms with Crippen LogP contribution in [0.3, 0.4) is 0 Å². The fourth-order valence-corrected chi connectivity index (χ4v) is 4.35. The molecular formula is C23H28N4O3S. The number of likely N-dealkylation sites (tertiary alicyclic amines) is 1. The molecule has 2 amide bonds. The molecule has 31 heavy (non-hydrogen) atoms. The number of rotatable bonds is 4. The van der Waals surface area contributed by atoms with Crippen molar-refractivity contribution in [1.29, 1.82) is 5.26 Å². The Hall–Kier alpha value is -2.92. The third kappa shape index (κ3) is 5.82. The summed E-state index contributed by atoms with van der Waals surface area (Å²) in [6.45, 7) is 8.35. The summed E-state index contributed by atoms with van der Waals surface area (Å²) < 4.78 is 5.49. The first-order valence-electron chi connectivity index (χ1n) is 10.4. The van der Waals surface area contributed by atoms with Crippen LogP contribution in [0, 0.1) is 17.2 Å². The van der Waals surface area contributed by atoms with Crippen LogP contribution in [0.1, 0.15) is 51.1 Å². The molecule has 1 aliphatic heterocycles. The van der Waals surface area contributed by atoms with E-state index in [1.807, 2.05) is 45.2 Å². The minimum Gasteiger partial charge on any atom is -0.444 e. The zero-order valence-electron chi connectivity index (χ0n) is 18.3. The number of hydrogen-bond donors (Lipinski definition) is 1. The average Bonchev–Trinajstić information content (AvgIpc) is 3.20. The minimum absolute atomic E-state index is 0.0733. The molecule has 0 aliphatic carbocycles. The van der Waals surface area contributed by atoms with Crippen molar-refractivity contribution in [2.75, 3.05) is 6.54 Å². The predicted molar refractivity (Wildman–Crippen MR) is 119 cm³/mol. The zero-order valence-corrected chi connectivity index (χ0v) is 19.2. The van der Waals surface area contributed by atoms with Gasteiger partial charge in [-0.2, -0.15) is 5.26 Å². The molecule has 2 aromatic rings. The van der Waals surface area contributed by atoms with Gasteiger partial charge in [-0.25, -0.2) is 9.78 Å². The van der Waals surface area contributed by atoms with E-state index >= 15 is 0 Å². The fraction of sp³-hybridized carbons (Fsp3) is 0.478. The van der Waals surface area contributed by atoms with Crippen LogP contribution in [0.15, 0.2) is 29.6 Å². The number of piperidine rings is 1. The van der Waals surface area contributed by atoms with Gasteiger partial charge in [-0.15, -0.1) is 11.3 Å². The molecule has 0 bridgehead atoms. The van der Waals surface area contributed by atoms with Gasteiger partial charge >= 0.3 is 6.09 Å². The smallest absolute Gasteiger partial charge is 0.410 e. The number of ether oxygens (including phenoxy) is 1. The molecular weight excluding hydrogens is 412 g/mol. The Bertz CT molecular complexity index is 972. The molecule has 7 nitrogen and oxygen atoms in total. The maximum atomic E-state index is 12.8. The summed E-state index contributed by atoms with van der Waals surface area (Å²) >= 11 is 1.48. The second-order valence-electron chi connectivity index (χ2n) is 8.70. The van der Waals surface area contributed by atoms with Crippen LogP contribution in [0.2, 0.25) is 0 Å². The van der Waals surface area contributed by atoms with Gasteiger partial charge in [0.15, 0.2) is 0 Å². The predicted octanol–water partition coefficient (Wildman–Crippen LogP) is 4.33. The van der Waals surface area contributed by atoms with Gasteiger partial charge in [-0.05, 0) is 52.7 Å². The molecule has 8 heteroatoms. The van der Waals surface area contributed by atoms with Crippen molar-refractivity contribution in [2.45, 2.75) is 58.7 Å². The molecule has 0 radical (unpaired) electrons. The first-order chi connectivity index (χ1) is 14.7. The molecule has 1 saturated heterocycles. The lowest BCUT2D eigenvalue weighted by Crippen LogP contribution is -2.52. The largest absolute Gasteiger partial charge is 0.444 e. The van der Waals surface area contributed by atoms with Crippen molar-refractivity contribution in [1.82, 2.24) is 15.2 Å². The zero-order chi connectivity index (χ0) is 22.6. The molecule has 1 aliphatic rings. The molecule has 2 atom stereocenters. The average molecular weight is 441 g/mol. The molecule has 1 N–H and O–H groups in total. The van der Waals surface area contributed by atoms with Crippen LogP contribution in [0.25, 0.3) is 11.3 Å². The molecule has 1 aromatic carbocycles. The first-order valence-corrected chi connectivity index (χ1v) is 11.3. The van der Waals surface area contributed by atoms with E-state index in [2.05, 4.69) is 16.4 Å². The number of thiazole rings is 1. The quantitative estimate of drug-likeness (QED) is 0.763. The first kappa shape index (κ1) is 22.8. The second kappa shape index (κ2) is 9.48. The van der Waals surface area contributed by atoms with Gasteiger partial charge in [0, 0.05) is 23.5 Å². The summed E-state index contributed by atoms with van der Waals surface area (Å²) in [4.78, 5) is 31.6. The van der Waals surface area contributed by atoms with Gasteiger partial charge in [-0.1, -0.05) is 12.1 Å². The Morgan fingerprint density at radius 1 is 1.32 bits per heavy atom. The van der Waals surface area contributed by atoms with Gasteiger partial charge in [0.2, 0.25) is 5.91 Å². The number of amides is 2. The summed E-state index contributed by atoms with van der Waals surface area (Å²) in [6.07, 6.45) is 1.13. The minimum atomic E-state index is -0.566. The Balaban J connectivity index is 1.58. The monoisotopic (exact) mass is 440 g/mol. The molecule has 0 unspecified atom stereocenters. The maximum absolute atomic E-state index is 12.8. The van der Waals surface area contributed by atoms with Gasteiger partial charge in [-0.3, -0.25) is 4.79 Å². The lowest BCUT2D eigenvalue weighted by molar-refractivity contribution is -0.128. The molecule has 1 fully saturated rings. The van der Waals surface area contributed by atoms with Crippen LogP contribution in [0.5, 0.6) is 0 Å². The van der Waals surface area contributed by atoms with Crippen molar-refractivity contribution in [2.24, 2.45) is 5.92 Å². The van der Waals surface area contributed by atoms with Crippen molar-refractivity contribution < 1.29 is 14.3 Å². The molecule has 0 saturated carbocycles. The number of nitrogens with one attached hydrogen (secondary N) is 1. The Labute approximate surface area is 187 Å². The van der Waals surface area contributed by atoms with Crippen molar-refractivity contribution in [3.05, 3.63) is 40.2 Å². The Morgan fingerprint density at radius 3 is 2.68 bits per heavy atom. The topological polar surface area (TPSA) is 95.3 Å². The van der Waals surface area contributed by atoms with Gasteiger partial charge < -0.3 is 15.0 Å². The number of nitriles is 1. The number of aromatic nitrogens is 1. The lowest BCUT2D eigenvalue weighted by atomic mass is 9.89. The summed E-state index contributed by atoms with van der Waals surface area (Å²) in [5, 5.41) is 14.6. The number of carbonyl (C=O) groups is 2. The van der Waals surface area contributed by atoms with Gasteiger partial charge in [0.25, 0.3) is 0 Å². The number of benzene rings is 1. The van der Waals surface area contributed by atoms with E-state index in [0.717, 1.165) is 29.1 Å². The van der Waals surface area contributed by atoms with E-state index < -0.39 is 5.60 Å². The van der Waals surface area contributed by atoms with Crippen LogP contribution < -0.4 is 5.32 Å². The van der Waals surface area contributed by atoms with Crippen molar-refractivity contribution in [3.8, 4) is 17.3 Å². The number of carbonyl (C=O) groups excluding carboxylic acids is 2. The van der Waals surface area contributed by atoms with Crippen molar-refractivity contribution in [3.63, 3.8) is 0 Å². The number of hydrogen-bond acceptors (Lipinski definition) is 6. The van der Waals surface area contributed by atoms with E-state index in [1.165, 1.54) is 11.3 Å². The fourth-order valence-electron chi connectivity index (χ4n) is 3.61. The Kier molecular flexibility index (Phi) is 6.96. The normalized spacial score (nSPS) is 18.9. The van der Waals surface area contributed by atoms with E-state index in [1.54, 1.807) is 17.0 Å². The highest BCUT2D eigenvalue weighted by Crippen LogP contribution is 2.26. The summed E-state index contributed by atoms with van der Waals surface area (Å²) in [5.41, 5.74) is 1.79. The molecule has 1 aromatic heterocycles. The molecule has 2 heterocycles. The standard InChI is InChI=1S/C23H28N4O3S/c1-15-18(6-5-11-27(15)22(29)30-23(2,3)4)21(28)25-13-20-26-19(14-31-20)17-9-7-16(12-24)8-10-17/h7-10,14-15,18H,5-6,11,13H2,1-4H3,(H,25,28)/t15-,18-/m0/s1. The third-order valence-electron chi connectivity index (χ3n) is 5.23. The van der Waals surface area contributed by atoms with E-state index in [0.29, 0.717) is 18.7 Å². The highest BCUT2D eigenvalue weighted by molar-refractivity contribution is 7.09. The molecule has 3 rings (SSSR count). The van der Waals surface area contributed by atoms with Gasteiger partial charge in [0.05, 0.1) is 29.8 Å². The van der Waals surface area contributed by atoms with E-state index in [9.17, 15) is 9.59 Å². The van der Waals surface area contributed by atoms with E-state index in [-0.39, 0.29) is 24.0 Å². The van der Waals surface area contributed by atoms with Crippen LogP contribution in [0.4, 0.5) is 4.79 Å².